The van der Waals surface area contributed by atoms with Crippen molar-refractivity contribution in [1.29, 1.82) is 0 Å². The number of hydrogen-bond acceptors (Lipinski definition) is 5. The minimum Gasteiger partial charge on any atom is -0.398 e. The summed E-state index contributed by atoms with van der Waals surface area (Å²) in [7, 11) is -4.20. The molecule has 6 nitrogen and oxygen atoms in total. The molecule has 2 rings (SSSR count). The first-order chi connectivity index (χ1) is 11.8. The van der Waals surface area contributed by atoms with Crippen molar-refractivity contribution in [3.63, 3.8) is 0 Å². The van der Waals surface area contributed by atoms with Crippen molar-refractivity contribution in [1.82, 2.24) is 0 Å². The standard InChI is InChI=1S/C18H23N3O3S/c1-4-12(3)17-11-15(10-13(5-2)18(17)19)21-20-14-6-8-16(9-7-14)25(22,23)24/h6-12H,4-5,19H2,1-3H3,(H,22,23,24). The number of azo groups is 1. The van der Waals surface area contributed by atoms with Crippen molar-refractivity contribution in [2.45, 2.75) is 44.4 Å². The zero-order valence-electron chi connectivity index (χ0n) is 14.6. The van der Waals surface area contributed by atoms with Crippen LogP contribution in [0, 0.1) is 0 Å². The number of hydrogen-bond donors (Lipinski definition) is 2. The van der Waals surface area contributed by atoms with Crippen molar-refractivity contribution in [3.8, 4) is 0 Å². The van der Waals surface area contributed by atoms with E-state index in [0.29, 0.717) is 17.3 Å². The van der Waals surface area contributed by atoms with Gasteiger partial charge in [0, 0.05) is 5.69 Å². The fourth-order valence-corrected chi connectivity index (χ4v) is 2.98. The van der Waals surface area contributed by atoms with Crippen LogP contribution in [-0.2, 0) is 16.5 Å². The van der Waals surface area contributed by atoms with Gasteiger partial charge in [-0.3, -0.25) is 4.55 Å². The summed E-state index contributed by atoms with van der Waals surface area (Å²) < 4.78 is 31.1. The fourth-order valence-electron chi connectivity index (χ4n) is 2.50. The van der Waals surface area contributed by atoms with E-state index in [4.69, 9.17) is 10.3 Å². The maximum atomic E-state index is 11.0. The van der Waals surface area contributed by atoms with Crippen LogP contribution in [0.2, 0.25) is 0 Å². The summed E-state index contributed by atoms with van der Waals surface area (Å²) in [6.45, 7) is 6.28. The van der Waals surface area contributed by atoms with Crippen LogP contribution in [0.3, 0.4) is 0 Å². The fraction of sp³-hybridized carbons (Fsp3) is 0.333. The van der Waals surface area contributed by atoms with Crippen LogP contribution in [0.4, 0.5) is 17.1 Å². The molecule has 25 heavy (non-hydrogen) atoms. The Morgan fingerprint density at radius 2 is 1.68 bits per heavy atom. The number of nitrogens with two attached hydrogens (primary N) is 1. The SMILES string of the molecule is CCc1cc(N=Nc2ccc(S(=O)(=O)O)cc2)cc(C(C)CC)c1N. The van der Waals surface area contributed by atoms with Crippen LogP contribution in [-0.4, -0.2) is 13.0 Å². The topological polar surface area (TPSA) is 105 Å². The molecule has 0 bridgehead atoms. The third-order valence-electron chi connectivity index (χ3n) is 4.22. The molecule has 0 fully saturated rings. The summed E-state index contributed by atoms with van der Waals surface area (Å²) in [5.41, 5.74) is 10.4. The third-order valence-corrected chi connectivity index (χ3v) is 5.09. The summed E-state index contributed by atoms with van der Waals surface area (Å²) in [5.74, 6) is 0.328. The van der Waals surface area contributed by atoms with Gasteiger partial charge in [-0.2, -0.15) is 18.6 Å². The van der Waals surface area contributed by atoms with Crippen LogP contribution >= 0.6 is 0 Å². The largest absolute Gasteiger partial charge is 0.398 e. The summed E-state index contributed by atoms with van der Waals surface area (Å²) in [4.78, 5) is -0.175. The zero-order valence-corrected chi connectivity index (χ0v) is 15.4. The zero-order chi connectivity index (χ0) is 18.6. The minimum absolute atomic E-state index is 0.175. The van der Waals surface area contributed by atoms with Gasteiger partial charge in [-0.15, -0.1) is 0 Å². The molecule has 1 atom stereocenters. The quantitative estimate of drug-likeness (QED) is 0.428. The maximum Gasteiger partial charge on any atom is 0.294 e. The second kappa shape index (κ2) is 7.76. The lowest BCUT2D eigenvalue weighted by Gasteiger charge is -2.16. The molecule has 0 amide bonds. The van der Waals surface area contributed by atoms with Gasteiger partial charge in [-0.1, -0.05) is 20.8 Å². The number of benzene rings is 2. The molecule has 2 aromatic rings. The Bertz CT molecular complexity index is 875. The van der Waals surface area contributed by atoms with Crippen molar-refractivity contribution < 1.29 is 13.0 Å². The Morgan fingerprint density at radius 1 is 1.08 bits per heavy atom. The van der Waals surface area contributed by atoms with Crippen LogP contribution < -0.4 is 5.73 Å². The van der Waals surface area contributed by atoms with Gasteiger partial charge in [0.05, 0.1) is 16.3 Å². The van der Waals surface area contributed by atoms with E-state index < -0.39 is 10.1 Å². The van der Waals surface area contributed by atoms with Crippen LogP contribution in [0.1, 0.15) is 44.2 Å². The Kier molecular flexibility index (Phi) is 5.92. The summed E-state index contributed by atoms with van der Waals surface area (Å²) in [6, 6.07) is 9.40. The molecule has 134 valence electrons. The number of nitrogens with zero attached hydrogens (tertiary/aromatic N) is 2. The molecule has 0 heterocycles. The van der Waals surface area contributed by atoms with E-state index in [2.05, 4.69) is 24.1 Å². The van der Waals surface area contributed by atoms with Crippen LogP contribution in [0.15, 0.2) is 51.5 Å². The van der Waals surface area contributed by atoms with E-state index in [1.807, 2.05) is 19.1 Å². The van der Waals surface area contributed by atoms with Gasteiger partial charge >= 0.3 is 0 Å². The van der Waals surface area contributed by atoms with E-state index in [9.17, 15) is 8.42 Å². The Balaban J connectivity index is 2.34. The second-order valence-corrected chi connectivity index (χ2v) is 7.36. The summed E-state index contributed by atoms with van der Waals surface area (Å²) in [5, 5.41) is 8.39. The molecule has 0 aliphatic rings. The molecular weight excluding hydrogens is 338 g/mol. The third kappa shape index (κ3) is 4.64. The summed E-state index contributed by atoms with van der Waals surface area (Å²) in [6.07, 6.45) is 1.78. The lowest BCUT2D eigenvalue weighted by atomic mass is 9.93. The Labute approximate surface area is 148 Å². The van der Waals surface area contributed by atoms with Gasteiger partial charge in [0.2, 0.25) is 0 Å². The smallest absolute Gasteiger partial charge is 0.294 e. The van der Waals surface area contributed by atoms with Gasteiger partial charge < -0.3 is 5.73 Å². The highest BCUT2D eigenvalue weighted by molar-refractivity contribution is 7.85. The van der Waals surface area contributed by atoms with E-state index in [1.165, 1.54) is 24.3 Å². The maximum absolute atomic E-state index is 11.0. The Morgan fingerprint density at radius 3 is 2.20 bits per heavy atom. The number of aryl methyl sites for hydroxylation is 1. The van der Waals surface area contributed by atoms with E-state index in [-0.39, 0.29) is 4.90 Å². The number of anilines is 1. The lowest BCUT2D eigenvalue weighted by molar-refractivity contribution is 0.483. The number of rotatable bonds is 6. The molecule has 0 aliphatic heterocycles. The van der Waals surface area contributed by atoms with Gasteiger partial charge in [-0.05, 0) is 66.3 Å². The molecule has 0 aliphatic carbocycles. The molecule has 0 aromatic heterocycles. The van der Waals surface area contributed by atoms with Gasteiger partial charge in [0.15, 0.2) is 0 Å². The van der Waals surface area contributed by atoms with Gasteiger partial charge in [0.1, 0.15) is 0 Å². The first-order valence-electron chi connectivity index (χ1n) is 8.17. The molecule has 0 radical (unpaired) electrons. The molecule has 7 heteroatoms. The normalized spacial score (nSPS) is 13.3. The molecule has 0 saturated heterocycles. The highest BCUT2D eigenvalue weighted by atomic mass is 32.2. The average molecular weight is 361 g/mol. The first kappa shape index (κ1) is 19.1. The van der Waals surface area contributed by atoms with Crippen LogP contribution in [0.25, 0.3) is 0 Å². The van der Waals surface area contributed by atoms with E-state index in [1.54, 1.807) is 0 Å². The van der Waals surface area contributed by atoms with Crippen molar-refractivity contribution in [2.75, 3.05) is 5.73 Å². The molecule has 3 N–H and O–H groups in total. The molecular formula is C18H23N3O3S. The van der Waals surface area contributed by atoms with Crippen molar-refractivity contribution >= 4 is 27.2 Å². The summed E-state index contributed by atoms with van der Waals surface area (Å²) >= 11 is 0. The van der Waals surface area contributed by atoms with E-state index >= 15 is 0 Å². The lowest BCUT2D eigenvalue weighted by Crippen LogP contribution is -2.02. The van der Waals surface area contributed by atoms with Crippen molar-refractivity contribution in [2.24, 2.45) is 10.2 Å². The van der Waals surface area contributed by atoms with Gasteiger partial charge in [0.25, 0.3) is 10.1 Å². The van der Waals surface area contributed by atoms with Crippen LogP contribution in [0.5, 0.6) is 0 Å². The number of nitrogen functional groups attached to an aromatic ring is 1. The predicted molar refractivity (Wildman–Crippen MR) is 99.4 cm³/mol. The average Bonchev–Trinajstić information content (AvgIpc) is 2.59. The molecule has 0 spiro atoms. The highest BCUT2D eigenvalue weighted by Crippen LogP contribution is 2.33. The van der Waals surface area contributed by atoms with Crippen molar-refractivity contribution in [3.05, 3.63) is 47.5 Å². The Hall–Kier alpha value is -2.25. The minimum atomic E-state index is -4.20. The molecule has 1 unspecified atom stereocenters. The first-order valence-corrected chi connectivity index (χ1v) is 9.61. The second-order valence-electron chi connectivity index (χ2n) is 5.94. The monoisotopic (exact) mass is 361 g/mol. The molecule has 2 aromatic carbocycles. The van der Waals surface area contributed by atoms with Gasteiger partial charge in [-0.25, -0.2) is 0 Å². The van der Waals surface area contributed by atoms with E-state index in [0.717, 1.165) is 29.7 Å². The predicted octanol–water partition coefficient (Wildman–Crippen LogP) is 5.01. The molecule has 0 saturated carbocycles. The highest BCUT2D eigenvalue weighted by Gasteiger charge is 2.12.